The van der Waals surface area contributed by atoms with E-state index in [2.05, 4.69) is 31.4 Å². The number of aryl methyl sites for hydroxylation is 1. The van der Waals surface area contributed by atoms with Gasteiger partial charge < -0.3 is 5.32 Å². The van der Waals surface area contributed by atoms with E-state index >= 15 is 0 Å². The van der Waals surface area contributed by atoms with Gasteiger partial charge >= 0.3 is 6.18 Å². The Morgan fingerprint density at radius 2 is 2.11 bits per heavy atom. The quantitative estimate of drug-likeness (QED) is 0.887. The lowest BCUT2D eigenvalue weighted by atomic mass is 10.2. The Labute approximate surface area is 116 Å². The SMILES string of the molecule is Cc1[nH]ncc1CNc1cc(C(F)(F)F)ccc1Br. The summed E-state index contributed by atoms with van der Waals surface area (Å²) in [7, 11) is 0. The molecular weight excluding hydrogens is 323 g/mol. The van der Waals surface area contributed by atoms with Crippen LogP contribution in [-0.2, 0) is 12.7 Å². The van der Waals surface area contributed by atoms with E-state index in [1.54, 1.807) is 6.20 Å². The van der Waals surface area contributed by atoms with Gasteiger partial charge in [-0.3, -0.25) is 5.10 Å². The minimum absolute atomic E-state index is 0.399. The van der Waals surface area contributed by atoms with E-state index in [0.29, 0.717) is 16.7 Å². The third-order valence-electron chi connectivity index (χ3n) is 2.70. The zero-order valence-electron chi connectivity index (χ0n) is 9.98. The first kappa shape index (κ1) is 13.9. The lowest BCUT2D eigenvalue weighted by Crippen LogP contribution is -2.07. The van der Waals surface area contributed by atoms with Gasteiger partial charge in [0, 0.05) is 28.0 Å². The molecule has 0 saturated carbocycles. The van der Waals surface area contributed by atoms with Gasteiger partial charge in [-0.15, -0.1) is 0 Å². The molecule has 0 aliphatic rings. The molecule has 0 radical (unpaired) electrons. The lowest BCUT2D eigenvalue weighted by molar-refractivity contribution is -0.137. The summed E-state index contributed by atoms with van der Waals surface area (Å²) >= 11 is 3.23. The fourth-order valence-electron chi connectivity index (χ4n) is 1.58. The standard InChI is InChI=1S/C12H11BrF3N3/c1-7-8(6-18-19-7)5-17-11-4-9(12(14,15)16)2-3-10(11)13/h2-4,6,17H,5H2,1H3,(H,18,19). The van der Waals surface area contributed by atoms with Gasteiger partial charge in [-0.1, -0.05) is 0 Å². The molecule has 102 valence electrons. The zero-order chi connectivity index (χ0) is 14.0. The highest BCUT2D eigenvalue weighted by Gasteiger charge is 2.30. The average Bonchev–Trinajstić information content (AvgIpc) is 2.72. The largest absolute Gasteiger partial charge is 0.416 e. The maximum Gasteiger partial charge on any atom is 0.416 e. The summed E-state index contributed by atoms with van der Waals surface area (Å²) < 4.78 is 38.4. The Morgan fingerprint density at radius 3 is 2.68 bits per heavy atom. The second-order valence-electron chi connectivity index (χ2n) is 4.07. The van der Waals surface area contributed by atoms with Crippen molar-refractivity contribution in [1.82, 2.24) is 10.2 Å². The monoisotopic (exact) mass is 333 g/mol. The minimum Gasteiger partial charge on any atom is -0.380 e. The number of aromatic amines is 1. The second kappa shape index (κ2) is 5.24. The highest BCUT2D eigenvalue weighted by molar-refractivity contribution is 9.10. The first-order valence-electron chi connectivity index (χ1n) is 5.47. The molecule has 2 rings (SSSR count). The molecule has 7 heteroatoms. The van der Waals surface area contributed by atoms with E-state index in [1.165, 1.54) is 6.07 Å². The molecule has 0 amide bonds. The normalized spacial score (nSPS) is 11.6. The van der Waals surface area contributed by atoms with Crippen molar-refractivity contribution < 1.29 is 13.2 Å². The number of hydrogen-bond donors (Lipinski definition) is 2. The van der Waals surface area contributed by atoms with Gasteiger partial charge in [0.25, 0.3) is 0 Å². The number of aromatic nitrogens is 2. The van der Waals surface area contributed by atoms with Crippen LogP contribution in [0.15, 0.2) is 28.9 Å². The molecule has 0 bridgehead atoms. The number of alkyl halides is 3. The highest BCUT2D eigenvalue weighted by Crippen LogP contribution is 2.34. The maximum atomic E-state index is 12.6. The van der Waals surface area contributed by atoms with Crippen molar-refractivity contribution in [2.45, 2.75) is 19.6 Å². The second-order valence-corrected chi connectivity index (χ2v) is 4.92. The van der Waals surface area contributed by atoms with E-state index in [9.17, 15) is 13.2 Å². The Bertz CT molecular complexity index is 578. The molecule has 0 aliphatic carbocycles. The third kappa shape index (κ3) is 3.28. The predicted octanol–water partition coefficient (Wildman–Crippen LogP) is 4.11. The van der Waals surface area contributed by atoms with Crippen molar-refractivity contribution in [2.75, 3.05) is 5.32 Å². The number of benzene rings is 1. The van der Waals surface area contributed by atoms with Crippen LogP contribution in [0.3, 0.4) is 0 Å². The van der Waals surface area contributed by atoms with E-state index in [0.717, 1.165) is 23.4 Å². The van der Waals surface area contributed by atoms with Crippen LogP contribution in [0.5, 0.6) is 0 Å². The summed E-state index contributed by atoms with van der Waals surface area (Å²) in [6.07, 6.45) is -2.70. The molecule has 1 aromatic heterocycles. The van der Waals surface area contributed by atoms with Gasteiger partial charge in [0.15, 0.2) is 0 Å². The summed E-state index contributed by atoms with van der Waals surface area (Å²) in [5.74, 6) is 0. The van der Waals surface area contributed by atoms with E-state index < -0.39 is 11.7 Å². The molecule has 2 N–H and O–H groups in total. The Balaban J connectivity index is 2.18. The Kier molecular flexibility index (Phi) is 3.84. The van der Waals surface area contributed by atoms with E-state index in [4.69, 9.17) is 0 Å². The van der Waals surface area contributed by atoms with Gasteiger partial charge in [-0.2, -0.15) is 18.3 Å². The Hall–Kier alpha value is -1.50. The van der Waals surface area contributed by atoms with Crippen LogP contribution in [0.4, 0.5) is 18.9 Å². The number of H-pyrrole nitrogens is 1. The summed E-state index contributed by atoms with van der Waals surface area (Å²) in [5.41, 5.74) is 1.51. The molecule has 0 fully saturated rings. The van der Waals surface area contributed by atoms with Gasteiger partial charge in [0.2, 0.25) is 0 Å². The highest BCUT2D eigenvalue weighted by atomic mass is 79.9. The summed E-state index contributed by atoms with van der Waals surface area (Å²) in [5, 5.41) is 9.59. The summed E-state index contributed by atoms with van der Waals surface area (Å²) in [4.78, 5) is 0. The predicted molar refractivity (Wildman–Crippen MR) is 69.8 cm³/mol. The molecular formula is C12H11BrF3N3. The minimum atomic E-state index is -4.34. The van der Waals surface area contributed by atoms with Crippen molar-refractivity contribution in [3.63, 3.8) is 0 Å². The zero-order valence-corrected chi connectivity index (χ0v) is 11.6. The van der Waals surface area contributed by atoms with Crippen LogP contribution in [0.25, 0.3) is 0 Å². The molecule has 1 heterocycles. The first-order chi connectivity index (χ1) is 8.88. The van der Waals surface area contributed by atoms with Crippen molar-refractivity contribution in [2.24, 2.45) is 0 Å². The van der Waals surface area contributed by atoms with Gasteiger partial charge in [0.05, 0.1) is 11.8 Å². The van der Waals surface area contributed by atoms with E-state index in [-0.39, 0.29) is 0 Å². The molecule has 0 aliphatic heterocycles. The number of hydrogen-bond acceptors (Lipinski definition) is 2. The van der Waals surface area contributed by atoms with Gasteiger partial charge in [0.1, 0.15) is 0 Å². The molecule has 0 spiro atoms. The molecule has 1 aromatic carbocycles. The molecule has 19 heavy (non-hydrogen) atoms. The van der Waals surface area contributed by atoms with Crippen LogP contribution < -0.4 is 5.32 Å². The fourth-order valence-corrected chi connectivity index (χ4v) is 1.97. The number of rotatable bonds is 3. The van der Waals surface area contributed by atoms with Crippen LogP contribution in [0.1, 0.15) is 16.8 Å². The topological polar surface area (TPSA) is 40.7 Å². The Morgan fingerprint density at radius 1 is 1.37 bits per heavy atom. The van der Waals surface area contributed by atoms with Gasteiger partial charge in [-0.05, 0) is 41.1 Å². The number of anilines is 1. The van der Waals surface area contributed by atoms with Crippen LogP contribution in [0.2, 0.25) is 0 Å². The van der Waals surface area contributed by atoms with Crippen LogP contribution in [0, 0.1) is 6.92 Å². The number of halogens is 4. The molecule has 0 unspecified atom stereocenters. The average molecular weight is 334 g/mol. The van der Waals surface area contributed by atoms with Gasteiger partial charge in [-0.25, -0.2) is 0 Å². The van der Waals surface area contributed by atoms with E-state index in [1.807, 2.05) is 6.92 Å². The van der Waals surface area contributed by atoms with Crippen LogP contribution >= 0.6 is 15.9 Å². The van der Waals surface area contributed by atoms with Crippen molar-refractivity contribution in [3.8, 4) is 0 Å². The van der Waals surface area contributed by atoms with Crippen molar-refractivity contribution in [1.29, 1.82) is 0 Å². The fraction of sp³-hybridized carbons (Fsp3) is 0.250. The number of nitrogens with one attached hydrogen (secondary N) is 2. The summed E-state index contributed by atoms with van der Waals surface area (Å²) in [6.45, 7) is 2.26. The maximum absolute atomic E-state index is 12.6. The number of nitrogens with zero attached hydrogens (tertiary/aromatic N) is 1. The van der Waals surface area contributed by atoms with Crippen molar-refractivity contribution in [3.05, 3.63) is 45.7 Å². The first-order valence-corrected chi connectivity index (χ1v) is 6.26. The van der Waals surface area contributed by atoms with Crippen molar-refractivity contribution >= 4 is 21.6 Å². The summed E-state index contributed by atoms with van der Waals surface area (Å²) in [6, 6.07) is 3.51. The lowest BCUT2D eigenvalue weighted by Gasteiger charge is -2.12. The smallest absolute Gasteiger partial charge is 0.380 e. The molecule has 0 saturated heterocycles. The molecule has 0 atom stereocenters. The third-order valence-corrected chi connectivity index (χ3v) is 3.39. The molecule has 2 aromatic rings. The van der Waals surface area contributed by atoms with Crippen LogP contribution in [-0.4, -0.2) is 10.2 Å². The molecule has 3 nitrogen and oxygen atoms in total.